The smallest absolute Gasteiger partial charge is 0.154 e. The Labute approximate surface area is 115 Å². The number of fused-ring (bicyclic) bond motifs is 2. The Balaban J connectivity index is 1.95. The van der Waals surface area contributed by atoms with E-state index in [4.69, 9.17) is 0 Å². The maximum absolute atomic E-state index is 4.54. The molecule has 0 unspecified atom stereocenters. The quantitative estimate of drug-likeness (QED) is 0.672. The molecule has 4 rings (SSSR count). The van der Waals surface area contributed by atoms with Crippen LogP contribution in [0.5, 0.6) is 0 Å². The largest absolute Gasteiger partial charge is 0.322 e. The van der Waals surface area contributed by atoms with Gasteiger partial charge in [0.1, 0.15) is 6.33 Å². The summed E-state index contributed by atoms with van der Waals surface area (Å²) < 4.78 is 1.17. The highest BCUT2D eigenvalue weighted by Crippen LogP contribution is 2.40. The highest BCUT2D eigenvalue weighted by molar-refractivity contribution is 7.17. The van der Waals surface area contributed by atoms with Crippen LogP contribution in [0.25, 0.3) is 10.2 Å². The van der Waals surface area contributed by atoms with E-state index in [1.165, 1.54) is 16.0 Å². The van der Waals surface area contributed by atoms with Crippen LogP contribution in [0, 0.1) is 0 Å². The third-order valence-corrected chi connectivity index (χ3v) is 4.56. The molecule has 94 valence electrons. The van der Waals surface area contributed by atoms with E-state index in [0.29, 0.717) is 6.04 Å². The van der Waals surface area contributed by atoms with E-state index in [0.717, 1.165) is 17.8 Å². The second-order valence-electron chi connectivity index (χ2n) is 4.88. The minimum atomic E-state index is 0.442. The van der Waals surface area contributed by atoms with Gasteiger partial charge in [0, 0.05) is 11.7 Å². The molecule has 0 amide bonds. The van der Waals surface area contributed by atoms with Crippen molar-refractivity contribution in [2.75, 3.05) is 4.90 Å². The standard InChI is InChI=1S/C15H13N3S/c1-10-8-11-4-2-3-5-13(11)18(10)15-14-12(6-7-19-14)16-9-17-15/h2-7,9-10H,8H2,1H3/t10-/m0/s1. The van der Waals surface area contributed by atoms with E-state index in [9.17, 15) is 0 Å². The van der Waals surface area contributed by atoms with Crippen LogP contribution in [0.3, 0.4) is 0 Å². The Bertz CT molecular complexity index is 750. The van der Waals surface area contributed by atoms with Gasteiger partial charge in [0.2, 0.25) is 0 Å². The maximum atomic E-state index is 4.54. The predicted octanol–water partition coefficient (Wildman–Crippen LogP) is 3.77. The topological polar surface area (TPSA) is 29.0 Å². The molecule has 19 heavy (non-hydrogen) atoms. The summed E-state index contributed by atoms with van der Waals surface area (Å²) >= 11 is 1.71. The molecule has 3 nitrogen and oxygen atoms in total. The Morgan fingerprint density at radius 1 is 1.21 bits per heavy atom. The number of hydrogen-bond acceptors (Lipinski definition) is 4. The summed E-state index contributed by atoms with van der Waals surface area (Å²) in [7, 11) is 0. The molecule has 4 heteroatoms. The van der Waals surface area contributed by atoms with Crippen LogP contribution in [0.1, 0.15) is 12.5 Å². The molecule has 2 aromatic heterocycles. The first kappa shape index (κ1) is 10.9. The van der Waals surface area contributed by atoms with Crippen LogP contribution in [0.15, 0.2) is 42.0 Å². The first-order valence-corrected chi connectivity index (χ1v) is 7.28. The molecule has 3 aromatic rings. The van der Waals surface area contributed by atoms with Crippen LogP contribution < -0.4 is 4.90 Å². The third-order valence-electron chi connectivity index (χ3n) is 3.66. The van der Waals surface area contributed by atoms with Crippen LogP contribution in [-0.4, -0.2) is 16.0 Å². The number of thiophene rings is 1. The van der Waals surface area contributed by atoms with Crippen molar-refractivity contribution in [2.45, 2.75) is 19.4 Å². The van der Waals surface area contributed by atoms with Gasteiger partial charge in [-0.15, -0.1) is 11.3 Å². The molecule has 0 aliphatic carbocycles. The zero-order chi connectivity index (χ0) is 12.8. The van der Waals surface area contributed by atoms with Gasteiger partial charge < -0.3 is 4.90 Å². The Hall–Kier alpha value is -1.94. The van der Waals surface area contributed by atoms with Crippen molar-refractivity contribution in [3.05, 3.63) is 47.6 Å². The van der Waals surface area contributed by atoms with Gasteiger partial charge in [0.05, 0.1) is 10.2 Å². The number of rotatable bonds is 1. The van der Waals surface area contributed by atoms with Gasteiger partial charge in [-0.05, 0) is 36.4 Å². The zero-order valence-corrected chi connectivity index (χ0v) is 11.4. The van der Waals surface area contributed by atoms with Crippen LogP contribution >= 0.6 is 11.3 Å². The highest BCUT2D eigenvalue weighted by atomic mass is 32.1. The Morgan fingerprint density at radius 3 is 3.05 bits per heavy atom. The van der Waals surface area contributed by atoms with Crippen molar-refractivity contribution in [2.24, 2.45) is 0 Å². The lowest BCUT2D eigenvalue weighted by Gasteiger charge is -2.24. The summed E-state index contributed by atoms with van der Waals surface area (Å²) in [6, 6.07) is 11.1. The Kier molecular flexibility index (Phi) is 2.32. The molecular weight excluding hydrogens is 254 g/mol. The first-order chi connectivity index (χ1) is 9.34. The monoisotopic (exact) mass is 267 g/mol. The minimum absolute atomic E-state index is 0.442. The van der Waals surface area contributed by atoms with E-state index in [1.54, 1.807) is 17.7 Å². The molecule has 0 spiro atoms. The normalized spacial score (nSPS) is 17.9. The van der Waals surface area contributed by atoms with Crippen molar-refractivity contribution in [3.8, 4) is 0 Å². The average molecular weight is 267 g/mol. The molecule has 0 saturated carbocycles. The second kappa shape index (κ2) is 4.03. The van der Waals surface area contributed by atoms with Gasteiger partial charge in [0.25, 0.3) is 0 Å². The molecule has 1 aliphatic rings. The fourth-order valence-electron chi connectivity index (χ4n) is 2.84. The highest BCUT2D eigenvalue weighted by Gasteiger charge is 2.29. The predicted molar refractivity (Wildman–Crippen MR) is 79.2 cm³/mol. The minimum Gasteiger partial charge on any atom is -0.322 e. The molecule has 0 radical (unpaired) electrons. The second-order valence-corrected chi connectivity index (χ2v) is 5.80. The van der Waals surface area contributed by atoms with Crippen molar-refractivity contribution in [1.29, 1.82) is 0 Å². The SMILES string of the molecule is C[C@H]1Cc2ccccc2N1c1ncnc2ccsc12. The number of anilines is 2. The molecule has 0 N–H and O–H groups in total. The fraction of sp³-hybridized carbons (Fsp3) is 0.200. The molecule has 1 aromatic carbocycles. The van der Waals surface area contributed by atoms with Crippen LogP contribution in [0.4, 0.5) is 11.5 Å². The number of para-hydroxylation sites is 1. The molecule has 0 bridgehead atoms. The van der Waals surface area contributed by atoms with Crippen LogP contribution in [0.2, 0.25) is 0 Å². The summed E-state index contributed by atoms with van der Waals surface area (Å²) in [4.78, 5) is 11.2. The Morgan fingerprint density at radius 2 is 2.11 bits per heavy atom. The molecule has 1 aliphatic heterocycles. The van der Waals surface area contributed by atoms with Gasteiger partial charge in [-0.25, -0.2) is 9.97 Å². The summed E-state index contributed by atoms with van der Waals surface area (Å²) in [6.45, 7) is 2.25. The molecular formula is C15H13N3S. The van der Waals surface area contributed by atoms with Crippen molar-refractivity contribution < 1.29 is 0 Å². The van der Waals surface area contributed by atoms with Gasteiger partial charge >= 0.3 is 0 Å². The molecule has 0 saturated heterocycles. The summed E-state index contributed by atoms with van der Waals surface area (Å²) in [5.41, 5.74) is 3.72. The number of hydrogen-bond donors (Lipinski definition) is 0. The third kappa shape index (κ3) is 1.56. The van der Waals surface area contributed by atoms with Gasteiger partial charge in [-0.3, -0.25) is 0 Å². The fourth-order valence-corrected chi connectivity index (χ4v) is 3.67. The summed E-state index contributed by atoms with van der Waals surface area (Å²) in [5.74, 6) is 1.04. The van der Waals surface area contributed by atoms with Gasteiger partial charge in [-0.2, -0.15) is 0 Å². The van der Waals surface area contributed by atoms with E-state index < -0.39 is 0 Å². The molecule has 0 fully saturated rings. The van der Waals surface area contributed by atoms with E-state index in [1.807, 2.05) is 0 Å². The van der Waals surface area contributed by atoms with Crippen LogP contribution in [-0.2, 0) is 6.42 Å². The van der Waals surface area contributed by atoms with E-state index in [-0.39, 0.29) is 0 Å². The average Bonchev–Trinajstić information content (AvgIpc) is 3.01. The van der Waals surface area contributed by atoms with Crippen molar-refractivity contribution >= 4 is 33.1 Å². The van der Waals surface area contributed by atoms with E-state index in [2.05, 4.69) is 57.5 Å². The van der Waals surface area contributed by atoms with Gasteiger partial charge in [-0.1, -0.05) is 18.2 Å². The van der Waals surface area contributed by atoms with E-state index >= 15 is 0 Å². The van der Waals surface area contributed by atoms with Crippen molar-refractivity contribution in [3.63, 3.8) is 0 Å². The summed E-state index contributed by atoms with van der Waals surface area (Å²) in [6.07, 6.45) is 2.74. The number of nitrogens with zero attached hydrogens (tertiary/aromatic N) is 3. The lowest BCUT2D eigenvalue weighted by Crippen LogP contribution is -2.24. The lowest BCUT2D eigenvalue weighted by atomic mass is 10.1. The molecule has 3 heterocycles. The zero-order valence-electron chi connectivity index (χ0n) is 10.6. The maximum Gasteiger partial charge on any atom is 0.154 e. The lowest BCUT2D eigenvalue weighted by molar-refractivity contribution is 0.752. The number of benzene rings is 1. The number of aromatic nitrogens is 2. The molecule has 1 atom stereocenters. The first-order valence-electron chi connectivity index (χ1n) is 6.40. The van der Waals surface area contributed by atoms with Gasteiger partial charge in [0.15, 0.2) is 5.82 Å². The summed E-state index contributed by atoms with van der Waals surface area (Å²) in [5, 5.41) is 2.08. The van der Waals surface area contributed by atoms with Crippen molar-refractivity contribution in [1.82, 2.24) is 9.97 Å².